The second-order valence-electron chi connectivity index (χ2n) is 5.09. The first-order valence-corrected chi connectivity index (χ1v) is 6.92. The fourth-order valence-electron chi connectivity index (χ4n) is 2.06. The van der Waals surface area contributed by atoms with Crippen LogP contribution in [-0.2, 0) is 12.7 Å². The number of carbonyl (C=O) groups is 1. The molecule has 0 aliphatic heterocycles. The van der Waals surface area contributed by atoms with Gasteiger partial charge in [0.15, 0.2) is 5.69 Å². The van der Waals surface area contributed by atoms with Gasteiger partial charge < -0.3 is 5.32 Å². The Morgan fingerprint density at radius 2 is 2.12 bits per heavy atom. The number of carbonyl (C=O) groups excluding carboxylic acids is 1. The minimum atomic E-state index is -4.49. The van der Waals surface area contributed by atoms with E-state index in [1.54, 1.807) is 19.2 Å². The molecule has 0 bridgehead atoms. The smallest absolute Gasteiger partial charge is 0.345 e. The number of nitrogens with zero attached hydrogens (tertiary/aromatic N) is 6. The Morgan fingerprint density at radius 1 is 1.33 bits per heavy atom. The molecule has 3 rings (SSSR count). The minimum Gasteiger partial charge on any atom is -0.345 e. The van der Waals surface area contributed by atoms with Crippen LogP contribution in [0, 0.1) is 0 Å². The average molecular weight is 339 g/mol. The first-order chi connectivity index (χ1) is 11.3. The lowest BCUT2D eigenvalue weighted by Crippen LogP contribution is -2.36. The maximum Gasteiger partial charge on any atom is 0.435 e. The SMILES string of the molecule is C[C@H](Cn1ccc(C(F)(F)F)n1)NC(=O)c1nc2ncccn2n1. The monoisotopic (exact) mass is 339 g/mol. The highest BCUT2D eigenvalue weighted by Crippen LogP contribution is 2.27. The molecule has 1 atom stereocenters. The van der Waals surface area contributed by atoms with Gasteiger partial charge in [-0.2, -0.15) is 23.3 Å². The van der Waals surface area contributed by atoms with Crippen LogP contribution < -0.4 is 5.32 Å². The molecule has 11 heteroatoms. The van der Waals surface area contributed by atoms with E-state index in [9.17, 15) is 18.0 Å². The number of alkyl halides is 3. The Morgan fingerprint density at radius 3 is 2.79 bits per heavy atom. The number of hydrogen-bond donors (Lipinski definition) is 1. The van der Waals surface area contributed by atoms with Gasteiger partial charge in [-0.15, -0.1) is 5.10 Å². The van der Waals surface area contributed by atoms with E-state index in [0.29, 0.717) is 0 Å². The molecule has 3 aromatic rings. The van der Waals surface area contributed by atoms with Crippen molar-refractivity contribution in [1.82, 2.24) is 34.7 Å². The van der Waals surface area contributed by atoms with E-state index in [0.717, 1.165) is 10.7 Å². The van der Waals surface area contributed by atoms with E-state index in [4.69, 9.17) is 0 Å². The summed E-state index contributed by atoms with van der Waals surface area (Å²) in [4.78, 5) is 20.0. The van der Waals surface area contributed by atoms with Gasteiger partial charge in [-0.25, -0.2) is 9.50 Å². The molecule has 0 spiro atoms. The third-order valence-electron chi connectivity index (χ3n) is 3.09. The number of nitrogens with one attached hydrogen (secondary N) is 1. The Bertz CT molecular complexity index is 837. The number of fused-ring (bicyclic) bond motifs is 1. The molecule has 0 aromatic carbocycles. The van der Waals surface area contributed by atoms with Gasteiger partial charge in [0, 0.05) is 24.6 Å². The van der Waals surface area contributed by atoms with Crippen LogP contribution in [0.15, 0.2) is 30.7 Å². The zero-order valence-corrected chi connectivity index (χ0v) is 12.4. The summed E-state index contributed by atoms with van der Waals surface area (Å²) in [5.74, 6) is -0.342. The lowest BCUT2D eigenvalue weighted by molar-refractivity contribution is -0.141. The molecule has 126 valence electrons. The van der Waals surface area contributed by atoms with Crippen LogP contribution in [0.2, 0.25) is 0 Å². The molecule has 3 heterocycles. The van der Waals surface area contributed by atoms with Crippen LogP contribution in [0.4, 0.5) is 13.2 Å². The molecule has 24 heavy (non-hydrogen) atoms. The molecule has 0 unspecified atom stereocenters. The standard InChI is InChI=1S/C13H12F3N7O/c1-8(7-22-6-3-9(20-22)13(14,15)16)18-11(24)10-19-12-17-4-2-5-23(12)21-10/h2-6,8H,7H2,1H3,(H,18,24)/t8-/m1/s1. The van der Waals surface area contributed by atoms with E-state index in [2.05, 4.69) is 25.5 Å². The molecule has 0 aliphatic carbocycles. The normalized spacial score (nSPS) is 13.2. The van der Waals surface area contributed by atoms with E-state index in [1.165, 1.54) is 16.9 Å². The van der Waals surface area contributed by atoms with Gasteiger partial charge in [-0.05, 0) is 19.1 Å². The molecule has 8 nitrogen and oxygen atoms in total. The summed E-state index contributed by atoms with van der Waals surface area (Å²) < 4.78 is 40.0. The molecule has 0 radical (unpaired) electrons. The molecule has 0 aliphatic rings. The second-order valence-corrected chi connectivity index (χ2v) is 5.09. The molecular formula is C13H12F3N7O. The average Bonchev–Trinajstić information content (AvgIpc) is 3.12. The summed E-state index contributed by atoms with van der Waals surface area (Å²) in [5.41, 5.74) is -0.978. The van der Waals surface area contributed by atoms with Crippen molar-refractivity contribution >= 4 is 11.7 Å². The summed E-state index contributed by atoms with van der Waals surface area (Å²) >= 11 is 0. The van der Waals surface area contributed by atoms with Crippen LogP contribution in [0.25, 0.3) is 5.78 Å². The lowest BCUT2D eigenvalue weighted by atomic mass is 10.3. The van der Waals surface area contributed by atoms with Gasteiger partial charge in [0.2, 0.25) is 5.82 Å². The van der Waals surface area contributed by atoms with Gasteiger partial charge in [0.05, 0.1) is 6.54 Å². The van der Waals surface area contributed by atoms with E-state index >= 15 is 0 Å². The molecule has 1 N–H and O–H groups in total. The molecular weight excluding hydrogens is 327 g/mol. The van der Waals surface area contributed by atoms with Crippen LogP contribution in [-0.4, -0.2) is 41.3 Å². The van der Waals surface area contributed by atoms with Crippen molar-refractivity contribution in [1.29, 1.82) is 0 Å². The highest BCUT2D eigenvalue weighted by molar-refractivity contribution is 5.90. The lowest BCUT2D eigenvalue weighted by Gasteiger charge is -2.12. The summed E-state index contributed by atoms with van der Waals surface area (Å²) in [5, 5.41) is 10.0. The van der Waals surface area contributed by atoms with Crippen LogP contribution in [0.5, 0.6) is 0 Å². The van der Waals surface area contributed by atoms with E-state index in [1.807, 2.05) is 0 Å². The molecule has 0 saturated heterocycles. The number of amides is 1. The summed E-state index contributed by atoms with van der Waals surface area (Å²) in [7, 11) is 0. The quantitative estimate of drug-likeness (QED) is 0.770. The number of halogens is 3. The van der Waals surface area contributed by atoms with Crippen molar-refractivity contribution in [2.24, 2.45) is 0 Å². The van der Waals surface area contributed by atoms with E-state index < -0.39 is 23.8 Å². The fourth-order valence-corrected chi connectivity index (χ4v) is 2.06. The maximum atomic E-state index is 12.5. The maximum absolute atomic E-state index is 12.5. The highest BCUT2D eigenvalue weighted by Gasteiger charge is 2.33. The Labute approximate surface area is 133 Å². The Kier molecular flexibility index (Phi) is 3.91. The van der Waals surface area contributed by atoms with Crippen molar-refractivity contribution in [3.8, 4) is 0 Å². The van der Waals surface area contributed by atoms with Gasteiger partial charge in [0.1, 0.15) is 0 Å². The van der Waals surface area contributed by atoms with Crippen LogP contribution in [0.1, 0.15) is 23.2 Å². The Hall–Kier alpha value is -2.98. The molecule has 0 saturated carbocycles. The minimum absolute atomic E-state index is 0.0722. The summed E-state index contributed by atoms with van der Waals surface area (Å²) in [6.07, 6.45) is -0.175. The van der Waals surface area contributed by atoms with Gasteiger partial charge in [0.25, 0.3) is 11.7 Å². The predicted molar refractivity (Wildman–Crippen MR) is 74.9 cm³/mol. The number of rotatable bonds is 4. The molecule has 3 aromatic heterocycles. The van der Waals surface area contributed by atoms with Crippen molar-refractivity contribution in [3.63, 3.8) is 0 Å². The molecule has 0 fully saturated rings. The number of hydrogen-bond acceptors (Lipinski definition) is 5. The first kappa shape index (κ1) is 15.9. The Balaban J connectivity index is 1.64. The van der Waals surface area contributed by atoms with Crippen molar-refractivity contribution < 1.29 is 18.0 Å². The molecule has 1 amide bonds. The van der Waals surface area contributed by atoms with Gasteiger partial charge in [-0.1, -0.05) is 0 Å². The zero-order valence-electron chi connectivity index (χ0n) is 12.4. The third kappa shape index (κ3) is 3.34. The first-order valence-electron chi connectivity index (χ1n) is 6.92. The predicted octanol–water partition coefficient (Wildman–Crippen LogP) is 1.16. The van der Waals surface area contributed by atoms with Gasteiger partial charge in [-0.3, -0.25) is 9.48 Å². The van der Waals surface area contributed by atoms with Crippen LogP contribution in [0.3, 0.4) is 0 Å². The summed E-state index contributed by atoms with van der Waals surface area (Å²) in [6, 6.07) is 2.05. The highest BCUT2D eigenvalue weighted by atomic mass is 19.4. The summed E-state index contributed by atoms with van der Waals surface area (Å²) in [6.45, 7) is 1.72. The van der Waals surface area contributed by atoms with Gasteiger partial charge >= 0.3 is 6.18 Å². The third-order valence-corrected chi connectivity index (χ3v) is 3.09. The van der Waals surface area contributed by atoms with Crippen LogP contribution >= 0.6 is 0 Å². The number of aromatic nitrogens is 6. The van der Waals surface area contributed by atoms with Crippen molar-refractivity contribution in [3.05, 3.63) is 42.2 Å². The van der Waals surface area contributed by atoms with E-state index in [-0.39, 0.29) is 18.1 Å². The van der Waals surface area contributed by atoms with Crippen molar-refractivity contribution in [2.75, 3.05) is 0 Å². The second kappa shape index (κ2) is 5.91. The van der Waals surface area contributed by atoms with Crippen molar-refractivity contribution in [2.45, 2.75) is 25.7 Å². The topological polar surface area (TPSA) is 90.0 Å². The zero-order chi connectivity index (χ0) is 17.3. The fraction of sp³-hybridized carbons (Fsp3) is 0.308. The largest absolute Gasteiger partial charge is 0.435 e.